The summed E-state index contributed by atoms with van der Waals surface area (Å²) in [5, 5.41) is 9.01. The van der Waals surface area contributed by atoms with Crippen LogP contribution in [0.4, 0.5) is 0 Å². The molecule has 0 spiro atoms. The minimum absolute atomic E-state index is 0.0665. The summed E-state index contributed by atoms with van der Waals surface area (Å²) in [6.07, 6.45) is 4.01. The van der Waals surface area contributed by atoms with Gasteiger partial charge in [-0.3, -0.25) is 0 Å². The molecule has 0 aromatic heterocycles. The molecule has 104 valence electrons. The van der Waals surface area contributed by atoms with Crippen LogP contribution in [0.15, 0.2) is 42.5 Å². The maximum atomic E-state index is 9.01. The minimum atomic E-state index is 0.0665. The Bertz CT molecular complexity index is 563. The van der Waals surface area contributed by atoms with Crippen LogP contribution < -0.4 is 9.47 Å². The van der Waals surface area contributed by atoms with E-state index in [4.69, 9.17) is 14.6 Å². The van der Waals surface area contributed by atoms with Gasteiger partial charge in [0.2, 0.25) is 0 Å². The number of benzene rings is 2. The molecular weight excluding hydrogens is 252 g/mol. The lowest BCUT2D eigenvalue weighted by atomic mass is 10.1. The van der Waals surface area contributed by atoms with E-state index >= 15 is 0 Å². The first-order chi connectivity index (χ1) is 9.75. The molecule has 2 aromatic carbocycles. The van der Waals surface area contributed by atoms with Gasteiger partial charge in [-0.25, -0.2) is 0 Å². The molecule has 3 nitrogen and oxygen atoms in total. The molecule has 3 heteroatoms. The van der Waals surface area contributed by atoms with Crippen LogP contribution in [-0.4, -0.2) is 19.3 Å². The summed E-state index contributed by atoms with van der Waals surface area (Å²) in [5.74, 6) is 1.53. The molecule has 0 atom stereocenters. The number of hydrogen-bond acceptors (Lipinski definition) is 3. The van der Waals surface area contributed by atoms with E-state index in [-0.39, 0.29) is 6.61 Å². The summed E-state index contributed by atoms with van der Waals surface area (Å²) in [5.41, 5.74) is 2.99. The highest BCUT2D eigenvalue weighted by atomic mass is 16.5. The fourth-order valence-corrected chi connectivity index (χ4v) is 1.85. The van der Waals surface area contributed by atoms with Gasteiger partial charge in [0, 0.05) is 6.07 Å². The topological polar surface area (TPSA) is 38.7 Å². The molecule has 0 unspecified atom stereocenters. The molecule has 0 aliphatic carbocycles. The predicted molar refractivity (Wildman–Crippen MR) is 80.8 cm³/mol. The second kappa shape index (κ2) is 6.78. The first-order valence-electron chi connectivity index (χ1n) is 6.36. The van der Waals surface area contributed by atoms with Crippen molar-refractivity contribution in [3.63, 3.8) is 0 Å². The summed E-state index contributed by atoms with van der Waals surface area (Å²) in [4.78, 5) is 0. The summed E-state index contributed by atoms with van der Waals surface area (Å²) in [6, 6.07) is 13.5. The number of ether oxygens (including phenoxy) is 2. The number of rotatable bonds is 5. The van der Waals surface area contributed by atoms with Crippen LogP contribution in [0.2, 0.25) is 0 Å². The molecule has 0 heterocycles. The molecular formula is C17H18O3. The van der Waals surface area contributed by atoms with Gasteiger partial charge in [0.25, 0.3) is 0 Å². The molecule has 0 saturated carbocycles. The first-order valence-corrected chi connectivity index (χ1v) is 6.36. The fraction of sp³-hybridized carbons (Fsp3) is 0.176. The molecule has 0 aliphatic heterocycles. The van der Waals surface area contributed by atoms with Crippen molar-refractivity contribution in [3.8, 4) is 11.5 Å². The molecule has 0 amide bonds. The summed E-state index contributed by atoms with van der Waals surface area (Å²) in [7, 11) is 3.27. The summed E-state index contributed by atoms with van der Waals surface area (Å²) < 4.78 is 10.5. The van der Waals surface area contributed by atoms with Gasteiger partial charge < -0.3 is 14.6 Å². The zero-order valence-corrected chi connectivity index (χ0v) is 11.7. The zero-order valence-electron chi connectivity index (χ0n) is 11.7. The lowest BCUT2D eigenvalue weighted by Gasteiger charge is -2.05. The molecule has 2 rings (SSSR count). The Morgan fingerprint density at radius 2 is 1.40 bits per heavy atom. The Hall–Kier alpha value is -2.26. The third kappa shape index (κ3) is 3.62. The van der Waals surface area contributed by atoms with Gasteiger partial charge in [-0.2, -0.15) is 0 Å². The molecule has 0 radical (unpaired) electrons. The zero-order chi connectivity index (χ0) is 14.4. The van der Waals surface area contributed by atoms with E-state index in [1.165, 1.54) is 0 Å². The Morgan fingerprint density at radius 1 is 0.850 bits per heavy atom. The normalized spacial score (nSPS) is 10.8. The van der Waals surface area contributed by atoms with Crippen molar-refractivity contribution in [3.05, 3.63) is 59.2 Å². The Balaban J connectivity index is 2.21. The Labute approximate surface area is 119 Å². The van der Waals surface area contributed by atoms with Crippen LogP contribution in [0, 0.1) is 0 Å². The molecule has 0 fully saturated rings. The van der Waals surface area contributed by atoms with Gasteiger partial charge in [-0.15, -0.1) is 0 Å². The smallest absolute Gasteiger partial charge is 0.123 e. The van der Waals surface area contributed by atoms with Crippen LogP contribution in [-0.2, 0) is 6.61 Å². The van der Waals surface area contributed by atoms with E-state index in [0.717, 1.165) is 28.2 Å². The number of hydrogen-bond donors (Lipinski definition) is 1. The van der Waals surface area contributed by atoms with Crippen molar-refractivity contribution in [2.75, 3.05) is 14.2 Å². The second-order valence-electron chi connectivity index (χ2n) is 4.38. The van der Waals surface area contributed by atoms with Crippen LogP contribution in [0.25, 0.3) is 12.2 Å². The van der Waals surface area contributed by atoms with E-state index < -0.39 is 0 Å². The van der Waals surface area contributed by atoms with Gasteiger partial charge in [-0.1, -0.05) is 36.4 Å². The van der Waals surface area contributed by atoms with Crippen molar-refractivity contribution in [1.82, 2.24) is 0 Å². The summed E-state index contributed by atoms with van der Waals surface area (Å²) in [6.45, 7) is 0.0665. The molecule has 0 aliphatic rings. The highest BCUT2D eigenvalue weighted by molar-refractivity contribution is 5.71. The van der Waals surface area contributed by atoms with Crippen LogP contribution >= 0.6 is 0 Å². The fourth-order valence-electron chi connectivity index (χ4n) is 1.85. The monoisotopic (exact) mass is 270 g/mol. The average Bonchev–Trinajstić information content (AvgIpc) is 2.53. The molecule has 20 heavy (non-hydrogen) atoms. The van der Waals surface area contributed by atoms with Gasteiger partial charge in [0.15, 0.2) is 0 Å². The maximum Gasteiger partial charge on any atom is 0.123 e. The third-order valence-corrected chi connectivity index (χ3v) is 3.00. The first kappa shape index (κ1) is 14.2. The van der Waals surface area contributed by atoms with Crippen molar-refractivity contribution < 1.29 is 14.6 Å². The Kier molecular flexibility index (Phi) is 4.80. The summed E-state index contributed by atoms with van der Waals surface area (Å²) >= 11 is 0. The molecule has 2 aromatic rings. The van der Waals surface area contributed by atoms with Crippen molar-refractivity contribution in [2.45, 2.75) is 6.61 Å². The van der Waals surface area contributed by atoms with E-state index in [1.807, 2.05) is 54.6 Å². The van der Waals surface area contributed by atoms with E-state index in [0.29, 0.717) is 0 Å². The lowest BCUT2D eigenvalue weighted by Crippen LogP contribution is -1.88. The SMILES string of the molecule is COc1cc(C=Cc2ccc(CO)cc2)cc(OC)c1. The highest BCUT2D eigenvalue weighted by Crippen LogP contribution is 2.23. The van der Waals surface area contributed by atoms with Crippen molar-refractivity contribution >= 4 is 12.2 Å². The van der Waals surface area contributed by atoms with Crippen molar-refractivity contribution in [2.24, 2.45) is 0 Å². The Morgan fingerprint density at radius 3 is 1.90 bits per heavy atom. The molecule has 1 N–H and O–H groups in total. The minimum Gasteiger partial charge on any atom is -0.497 e. The molecule has 0 bridgehead atoms. The molecule has 0 saturated heterocycles. The van der Waals surface area contributed by atoms with Crippen molar-refractivity contribution in [1.29, 1.82) is 0 Å². The third-order valence-electron chi connectivity index (χ3n) is 3.00. The van der Waals surface area contributed by atoms with E-state index in [9.17, 15) is 0 Å². The quantitative estimate of drug-likeness (QED) is 0.847. The number of methoxy groups -OCH3 is 2. The van der Waals surface area contributed by atoms with Crippen LogP contribution in [0.1, 0.15) is 16.7 Å². The number of aliphatic hydroxyl groups is 1. The lowest BCUT2D eigenvalue weighted by molar-refractivity contribution is 0.282. The predicted octanol–water partition coefficient (Wildman–Crippen LogP) is 3.37. The van der Waals surface area contributed by atoms with Crippen LogP contribution in [0.5, 0.6) is 11.5 Å². The van der Waals surface area contributed by atoms with E-state index in [2.05, 4.69) is 0 Å². The average molecular weight is 270 g/mol. The largest absolute Gasteiger partial charge is 0.497 e. The van der Waals surface area contributed by atoms with Gasteiger partial charge in [0.1, 0.15) is 11.5 Å². The highest BCUT2D eigenvalue weighted by Gasteiger charge is 1.99. The van der Waals surface area contributed by atoms with Gasteiger partial charge in [0.05, 0.1) is 20.8 Å². The van der Waals surface area contributed by atoms with Gasteiger partial charge in [-0.05, 0) is 28.8 Å². The maximum absolute atomic E-state index is 9.01. The second-order valence-corrected chi connectivity index (χ2v) is 4.38. The van der Waals surface area contributed by atoms with Gasteiger partial charge >= 0.3 is 0 Å². The standard InChI is InChI=1S/C17H18O3/c1-19-16-9-15(10-17(11-16)20-2)8-5-13-3-6-14(12-18)7-4-13/h3-11,18H,12H2,1-2H3. The van der Waals surface area contributed by atoms with Crippen LogP contribution in [0.3, 0.4) is 0 Å². The number of aliphatic hydroxyl groups excluding tert-OH is 1. The van der Waals surface area contributed by atoms with E-state index in [1.54, 1.807) is 14.2 Å².